The predicted octanol–water partition coefficient (Wildman–Crippen LogP) is 0.880. The third-order valence-corrected chi connectivity index (χ3v) is 2.64. The van der Waals surface area contributed by atoms with Crippen LogP contribution in [0.4, 0.5) is 5.95 Å². The topological polar surface area (TPSA) is 95.3 Å². The van der Waals surface area contributed by atoms with Gasteiger partial charge in [-0.1, -0.05) is 20.3 Å². The molecule has 2 atom stereocenters. The quantitative estimate of drug-likeness (QED) is 0.682. The van der Waals surface area contributed by atoms with E-state index in [4.69, 9.17) is 10.2 Å². The average Bonchev–Trinajstić information content (AvgIpc) is 2.35. The zero-order chi connectivity index (χ0) is 12.8. The van der Waals surface area contributed by atoms with Crippen LogP contribution in [-0.2, 0) is 11.4 Å². The van der Waals surface area contributed by atoms with Crippen molar-refractivity contribution in [2.75, 3.05) is 5.32 Å². The van der Waals surface area contributed by atoms with Crippen molar-refractivity contribution in [2.45, 2.75) is 32.9 Å². The minimum absolute atomic E-state index is 0.0334. The summed E-state index contributed by atoms with van der Waals surface area (Å²) in [5.41, 5.74) is 0.454. The van der Waals surface area contributed by atoms with Crippen LogP contribution in [0, 0.1) is 5.92 Å². The van der Waals surface area contributed by atoms with Crippen LogP contribution >= 0.6 is 0 Å². The van der Waals surface area contributed by atoms with Crippen molar-refractivity contribution in [3.05, 3.63) is 18.0 Å². The van der Waals surface area contributed by atoms with E-state index in [2.05, 4.69) is 15.3 Å². The van der Waals surface area contributed by atoms with Crippen molar-refractivity contribution >= 4 is 11.9 Å². The molecule has 0 spiro atoms. The van der Waals surface area contributed by atoms with Crippen LogP contribution in [0.3, 0.4) is 0 Å². The number of carboxylic acid groups (broad SMARTS) is 1. The number of carbonyl (C=O) groups is 1. The highest BCUT2D eigenvalue weighted by Crippen LogP contribution is 2.12. The van der Waals surface area contributed by atoms with Gasteiger partial charge in [0.05, 0.1) is 12.3 Å². The second kappa shape index (κ2) is 6.15. The van der Waals surface area contributed by atoms with E-state index in [0.29, 0.717) is 5.69 Å². The number of aromatic nitrogens is 2. The van der Waals surface area contributed by atoms with Crippen molar-refractivity contribution < 1.29 is 15.0 Å². The largest absolute Gasteiger partial charge is 0.480 e. The summed E-state index contributed by atoms with van der Waals surface area (Å²) in [5, 5.41) is 20.8. The fourth-order valence-electron chi connectivity index (χ4n) is 1.38. The van der Waals surface area contributed by atoms with E-state index in [-0.39, 0.29) is 18.5 Å². The molecule has 3 N–H and O–H groups in total. The Kier molecular flexibility index (Phi) is 4.84. The number of nitrogens with zero attached hydrogens (tertiary/aromatic N) is 2. The summed E-state index contributed by atoms with van der Waals surface area (Å²) in [6, 6.07) is 0.846. The predicted molar refractivity (Wildman–Crippen MR) is 62.5 cm³/mol. The van der Waals surface area contributed by atoms with E-state index in [1.807, 2.05) is 13.8 Å². The Hall–Kier alpha value is -1.69. The van der Waals surface area contributed by atoms with Crippen molar-refractivity contribution in [1.82, 2.24) is 9.97 Å². The van der Waals surface area contributed by atoms with E-state index >= 15 is 0 Å². The van der Waals surface area contributed by atoms with Gasteiger partial charge in [0.15, 0.2) is 0 Å². The van der Waals surface area contributed by atoms with Gasteiger partial charge >= 0.3 is 5.97 Å². The molecule has 1 heterocycles. The molecule has 0 saturated heterocycles. The maximum absolute atomic E-state index is 11.1. The number of aliphatic hydroxyl groups is 1. The highest BCUT2D eigenvalue weighted by atomic mass is 16.4. The minimum atomic E-state index is -0.933. The van der Waals surface area contributed by atoms with Gasteiger partial charge in [0.25, 0.3) is 0 Å². The second-order valence-corrected chi connectivity index (χ2v) is 3.88. The minimum Gasteiger partial charge on any atom is -0.480 e. The van der Waals surface area contributed by atoms with E-state index in [1.165, 1.54) is 6.20 Å². The first-order valence-corrected chi connectivity index (χ1v) is 5.50. The molecule has 1 aromatic heterocycles. The number of carboxylic acids is 1. The third-order valence-electron chi connectivity index (χ3n) is 2.64. The Morgan fingerprint density at radius 3 is 2.82 bits per heavy atom. The molecule has 0 saturated carbocycles. The maximum Gasteiger partial charge on any atom is 0.326 e. The Labute approximate surface area is 99.7 Å². The molecule has 0 aromatic carbocycles. The van der Waals surface area contributed by atoms with Gasteiger partial charge < -0.3 is 15.5 Å². The fraction of sp³-hybridized carbons (Fsp3) is 0.545. The Bertz CT molecular complexity index is 384. The van der Waals surface area contributed by atoms with E-state index in [0.717, 1.165) is 6.42 Å². The fourth-order valence-corrected chi connectivity index (χ4v) is 1.38. The number of anilines is 1. The lowest BCUT2D eigenvalue weighted by molar-refractivity contribution is -0.139. The second-order valence-electron chi connectivity index (χ2n) is 3.88. The Balaban J connectivity index is 2.82. The molecular weight excluding hydrogens is 222 g/mol. The number of rotatable bonds is 6. The molecule has 17 heavy (non-hydrogen) atoms. The molecule has 0 unspecified atom stereocenters. The van der Waals surface area contributed by atoms with E-state index in [1.54, 1.807) is 6.07 Å². The first kappa shape index (κ1) is 13.4. The average molecular weight is 239 g/mol. The van der Waals surface area contributed by atoms with Gasteiger partial charge in [0, 0.05) is 6.20 Å². The van der Waals surface area contributed by atoms with Gasteiger partial charge in [0.2, 0.25) is 5.95 Å². The summed E-state index contributed by atoms with van der Waals surface area (Å²) in [6.45, 7) is 3.58. The number of aliphatic carboxylic acids is 1. The molecular formula is C11H17N3O3. The number of hydrogen-bond donors (Lipinski definition) is 3. The molecule has 6 heteroatoms. The molecule has 6 nitrogen and oxygen atoms in total. The molecule has 0 aliphatic heterocycles. The van der Waals surface area contributed by atoms with Crippen LogP contribution in [0.25, 0.3) is 0 Å². The van der Waals surface area contributed by atoms with Crippen LogP contribution in [0.1, 0.15) is 26.0 Å². The van der Waals surface area contributed by atoms with Crippen molar-refractivity contribution in [2.24, 2.45) is 5.92 Å². The summed E-state index contributed by atoms with van der Waals surface area (Å²) in [5.74, 6) is -0.740. The smallest absolute Gasteiger partial charge is 0.326 e. The SMILES string of the molecule is CC[C@H](C)[C@H](Nc1nccc(CO)n1)C(=O)O. The molecule has 0 bridgehead atoms. The summed E-state index contributed by atoms with van der Waals surface area (Å²) in [7, 11) is 0. The molecule has 0 aliphatic carbocycles. The summed E-state index contributed by atoms with van der Waals surface area (Å²) >= 11 is 0. The maximum atomic E-state index is 11.1. The van der Waals surface area contributed by atoms with Crippen molar-refractivity contribution in [1.29, 1.82) is 0 Å². The van der Waals surface area contributed by atoms with Crippen molar-refractivity contribution in [3.63, 3.8) is 0 Å². The van der Waals surface area contributed by atoms with Gasteiger partial charge in [-0.05, 0) is 12.0 Å². The van der Waals surface area contributed by atoms with Crippen LogP contribution in [-0.4, -0.2) is 32.2 Å². The molecule has 0 radical (unpaired) electrons. The first-order valence-electron chi connectivity index (χ1n) is 5.50. The van der Waals surface area contributed by atoms with Crippen LogP contribution in [0.15, 0.2) is 12.3 Å². The van der Waals surface area contributed by atoms with E-state index in [9.17, 15) is 4.79 Å². The number of nitrogens with one attached hydrogen (secondary N) is 1. The molecule has 0 fully saturated rings. The van der Waals surface area contributed by atoms with Gasteiger partial charge in [-0.25, -0.2) is 14.8 Å². The lowest BCUT2D eigenvalue weighted by Gasteiger charge is -2.20. The third kappa shape index (κ3) is 3.67. The highest BCUT2D eigenvalue weighted by molar-refractivity contribution is 5.76. The highest BCUT2D eigenvalue weighted by Gasteiger charge is 2.24. The number of aliphatic hydroxyl groups excluding tert-OH is 1. The lowest BCUT2D eigenvalue weighted by Crippen LogP contribution is -2.36. The molecule has 0 aliphatic rings. The van der Waals surface area contributed by atoms with Crippen LogP contribution < -0.4 is 5.32 Å². The molecule has 1 aromatic rings. The zero-order valence-corrected chi connectivity index (χ0v) is 9.92. The summed E-state index contributed by atoms with van der Waals surface area (Å²) < 4.78 is 0. The first-order chi connectivity index (χ1) is 8.08. The standard InChI is InChI=1S/C11H17N3O3/c1-3-7(2)9(10(16)17)14-11-12-5-4-8(6-15)13-11/h4-5,7,9,15H,3,6H2,1-2H3,(H,16,17)(H,12,13,14)/t7-,9-/m0/s1. The normalized spacial score (nSPS) is 14.1. The molecule has 1 rings (SSSR count). The Morgan fingerprint density at radius 1 is 1.59 bits per heavy atom. The van der Waals surface area contributed by atoms with E-state index < -0.39 is 12.0 Å². The van der Waals surface area contributed by atoms with Gasteiger partial charge in [-0.2, -0.15) is 0 Å². The van der Waals surface area contributed by atoms with Crippen molar-refractivity contribution in [3.8, 4) is 0 Å². The zero-order valence-electron chi connectivity index (χ0n) is 9.92. The van der Waals surface area contributed by atoms with Crippen LogP contribution in [0.2, 0.25) is 0 Å². The van der Waals surface area contributed by atoms with Crippen LogP contribution in [0.5, 0.6) is 0 Å². The number of hydrogen-bond acceptors (Lipinski definition) is 5. The van der Waals surface area contributed by atoms with Gasteiger partial charge in [0.1, 0.15) is 6.04 Å². The van der Waals surface area contributed by atoms with Gasteiger partial charge in [-0.3, -0.25) is 0 Å². The molecule has 0 amide bonds. The van der Waals surface area contributed by atoms with Gasteiger partial charge in [-0.15, -0.1) is 0 Å². The monoisotopic (exact) mass is 239 g/mol. The molecule has 94 valence electrons. The lowest BCUT2D eigenvalue weighted by atomic mass is 9.99. The Morgan fingerprint density at radius 2 is 2.29 bits per heavy atom. The summed E-state index contributed by atoms with van der Waals surface area (Å²) in [4.78, 5) is 19.0. The summed E-state index contributed by atoms with van der Waals surface area (Å²) in [6.07, 6.45) is 2.22.